The molecule has 19 heavy (non-hydrogen) atoms. The Morgan fingerprint density at radius 2 is 2.05 bits per heavy atom. The number of rotatable bonds is 1. The van der Waals surface area contributed by atoms with Crippen LogP contribution in [-0.4, -0.2) is 17.6 Å². The van der Waals surface area contributed by atoms with Crippen molar-refractivity contribution in [3.63, 3.8) is 0 Å². The highest BCUT2D eigenvalue weighted by Gasteiger charge is 2.22. The van der Waals surface area contributed by atoms with Gasteiger partial charge in [0.25, 0.3) is 0 Å². The van der Waals surface area contributed by atoms with Crippen LogP contribution in [-0.2, 0) is 17.6 Å². The van der Waals surface area contributed by atoms with E-state index in [1.165, 1.54) is 0 Å². The summed E-state index contributed by atoms with van der Waals surface area (Å²) >= 11 is 1.61. The molecular weight excluding hydrogens is 262 g/mol. The Labute approximate surface area is 114 Å². The number of ether oxygens (including phenoxy) is 2. The Morgan fingerprint density at radius 1 is 1.16 bits per heavy atom. The fourth-order valence-corrected chi connectivity index (χ4v) is 3.53. The molecule has 1 aliphatic carbocycles. The van der Waals surface area contributed by atoms with E-state index in [0.29, 0.717) is 18.6 Å². The van der Waals surface area contributed by atoms with Crippen molar-refractivity contribution in [3.05, 3.63) is 28.8 Å². The summed E-state index contributed by atoms with van der Waals surface area (Å²) in [4.78, 5) is 17.2. The standard InChI is InChI=1S/C14H11NO3S/c16-9-2-3-10-13(6-9)19-14(15-10)8-1-4-11-12(5-8)18-7-17-11/h1,4-5H,2-3,6-7H2. The molecular formula is C14H11NO3S. The summed E-state index contributed by atoms with van der Waals surface area (Å²) < 4.78 is 10.7. The summed E-state index contributed by atoms with van der Waals surface area (Å²) in [5.74, 6) is 1.86. The maximum Gasteiger partial charge on any atom is 0.231 e. The highest BCUT2D eigenvalue weighted by molar-refractivity contribution is 7.15. The van der Waals surface area contributed by atoms with Gasteiger partial charge < -0.3 is 9.47 Å². The molecule has 5 heteroatoms. The third-order valence-electron chi connectivity index (χ3n) is 3.40. The fourth-order valence-electron chi connectivity index (χ4n) is 2.40. The molecule has 0 radical (unpaired) electrons. The number of ketones is 1. The maximum atomic E-state index is 11.5. The first-order valence-electron chi connectivity index (χ1n) is 6.20. The van der Waals surface area contributed by atoms with Crippen LogP contribution in [0.1, 0.15) is 17.0 Å². The van der Waals surface area contributed by atoms with Gasteiger partial charge in [-0.05, 0) is 24.6 Å². The van der Waals surface area contributed by atoms with Crippen LogP contribution in [0.15, 0.2) is 18.2 Å². The number of carbonyl (C=O) groups is 1. The van der Waals surface area contributed by atoms with Crippen LogP contribution in [0.4, 0.5) is 0 Å². The molecule has 1 aliphatic heterocycles. The topological polar surface area (TPSA) is 48.4 Å². The van der Waals surface area contributed by atoms with Gasteiger partial charge in [-0.2, -0.15) is 0 Å². The summed E-state index contributed by atoms with van der Waals surface area (Å²) in [6, 6.07) is 5.84. The van der Waals surface area contributed by atoms with E-state index in [-0.39, 0.29) is 6.79 Å². The first-order chi connectivity index (χ1) is 9.29. The molecule has 0 unspecified atom stereocenters. The number of aryl methyl sites for hydroxylation is 1. The van der Waals surface area contributed by atoms with E-state index >= 15 is 0 Å². The molecule has 4 rings (SSSR count). The quantitative estimate of drug-likeness (QED) is 0.801. The number of hydrogen-bond donors (Lipinski definition) is 0. The lowest BCUT2D eigenvalue weighted by Gasteiger charge is -2.06. The zero-order chi connectivity index (χ0) is 12.8. The number of fused-ring (bicyclic) bond motifs is 2. The molecule has 0 amide bonds. The molecule has 96 valence electrons. The average molecular weight is 273 g/mol. The molecule has 0 spiro atoms. The average Bonchev–Trinajstić information content (AvgIpc) is 3.02. The van der Waals surface area contributed by atoms with E-state index in [1.807, 2.05) is 18.2 Å². The third-order valence-corrected chi connectivity index (χ3v) is 4.54. The molecule has 2 heterocycles. The van der Waals surface area contributed by atoms with Gasteiger partial charge in [0.2, 0.25) is 6.79 Å². The van der Waals surface area contributed by atoms with E-state index in [0.717, 1.165) is 39.1 Å². The third kappa shape index (κ3) is 1.81. The van der Waals surface area contributed by atoms with Crippen molar-refractivity contribution in [2.75, 3.05) is 6.79 Å². The van der Waals surface area contributed by atoms with Crippen molar-refractivity contribution in [1.29, 1.82) is 0 Å². The molecule has 4 nitrogen and oxygen atoms in total. The van der Waals surface area contributed by atoms with Crippen molar-refractivity contribution in [1.82, 2.24) is 4.98 Å². The molecule has 0 saturated carbocycles. The van der Waals surface area contributed by atoms with E-state index < -0.39 is 0 Å². The van der Waals surface area contributed by atoms with Gasteiger partial charge in [-0.25, -0.2) is 4.98 Å². The smallest absolute Gasteiger partial charge is 0.231 e. The first-order valence-corrected chi connectivity index (χ1v) is 7.01. The van der Waals surface area contributed by atoms with Crippen LogP contribution in [0.25, 0.3) is 10.6 Å². The molecule has 2 aliphatic rings. The van der Waals surface area contributed by atoms with Crippen molar-refractivity contribution in [3.8, 4) is 22.1 Å². The number of aromatic nitrogens is 1. The Bertz CT molecular complexity index is 677. The second kappa shape index (κ2) is 4.06. The van der Waals surface area contributed by atoms with Crippen molar-refractivity contribution < 1.29 is 14.3 Å². The van der Waals surface area contributed by atoms with E-state index in [9.17, 15) is 4.79 Å². The van der Waals surface area contributed by atoms with Crippen LogP contribution in [0.5, 0.6) is 11.5 Å². The molecule has 1 aromatic heterocycles. The van der Waals surface area contributed by atoms with Crippen LogP contribution < -0.4 is 9.47 Å². The van der Waals surface area contributed by atoms with Crippen LogP contribution >= 0.6 is 11.3 Å². The lowest BCUT2D eigenvalue weighted by Crippen LogP contribution is -2.11. The van der Waals surface area contributed by atoms with Crippen molar-refractivity contribution >= 4 is 17.1 Å². The van der Waals surface area contributed by atoms with Crippen molar-refractivity contribution in [2.24, 2.45) is 0 Å². The number of Topliss-reactive ketones (excluding diaryl/α,β-unsaturated/α-hetero) is 1. The Morgan fingerprint density at radius 3 is 3.00 bits per heavy atom. The van der Waals surface area contributed by atoms with Gasteiger partial charge >= 0.3 is 0 Å². The van der Waals surface area contributed by atoms with Gasteiger partial charge in [-0.15, -0.1) is 11.3 Å². The number of carbonyl (C=O) groups excluding carboxylic acids is 1. The Kier molecular flexibility index (Phi) is 2.35. The zero-order valence-corrected chi connectivity index (χ0v) is 11.0. The number of nitrogens with zero attached hydrogens (tertiary/aromatic N) is 1. The van der Waals surface area contributed by atoms with E-state index in [1.54, 1.807) is 11.3 Å². The predicted molar refractivity (Wildman–Crippen MR) is 70.7 cm³/mol. The highest BCUT2D eigenvalue weighted by atomic mass is 32.1. The molecule has 0 atom stereocenters. The Hall–Kier alpha value is -1.88. The molecule has 0 fully saturated rings. The SMILES string of the molecule is O=C1CCc2nc(-c3ccc4c(c3)OCO4)sc2C1. The molecule has 0 bridgehead atoms. The summed E-state index contributed by atoms with van der Waals surface area (Å²) in [6.45, 7) is 0.279. The lowest BCUT2D eigenvalue weighted by atomic mass is 10.0. The maximum absolute atomic E-state index is 11.5. The Balaban J connectivity index is 1.75. The largest absolute Gasteiger partial charge is 0.454 e. The van der Waals surface area contributed by atoms with Gasteiger partial charge in [-0.3, -0.25) is 4.79 Å². The number of benzene rings is 1. The zero-order valence-electron chi connectivity index (χ0n) is 10.1. The van der Waals surface area contributed by atoms with E-state index in [2.05, 4.69) is 4.98 Å². The number of hydrogen-bond acceptors (Lipinski definition) is 5. The minimum atomic E-state index is 0.279. The minimum Gasteiger partial charge on any atom is -0.454 e. The van der Waals surface area contributed by atoms with Crippen molar-refractivity contribution in [2.45, 2.75) is 19.3 Å². The molecule has 0 saturated heterocycles. The summed E-state index contributed by atoms with van der Waals surface area (Å²) in [6.07, 6.45) is 1.93. The van der Waals surface area contributed by atoms with Gasteiger partial charge in [0.15, 0.2) is 11.5 Å². The van der Waals surface area contributed by atoms with E-state index in [4.69, 9.17) is 9.47 Å². The summed E-state index contributed by atoms with van der Waals surface area (Å²) in [5, 5.41) is 0.956. The first kappa shape index (κ1) is 11.0. The lowest BCUT2D eigenvalue weighted by molar-refractivity contribution is -0.118. The van der Waals surface area contributed by atoms with Crippen LogP contribution in [0, 0.1) is 0 Å². The van der Waals surface area contributed by atoms with Gasteiger partial charge in [0, 0.05) is 23.3 Å². The van der Waals surface area contributed by atoms with Crippen LogP contribution in [0.3, 0.4) is 0 Å². The predicted octanol–water partition coefficient (Wildman–Crippen LogP) is 2.60. The monoisotopic (exact) mass is 273 g/mol. The van der Waals surface area contributed by atoms with Gasteiger partial charge in [0.1, 0.15) is 10.8 Å². The normalized spacial score (nSPS) is 16.5. The molecule has 0 N–H and O–H groups in total. The van der Waals surface area contributed by atoms with Gasteiger partial charge in [-0.1, -0.05) is 0 Å². The molecule has 2 aromatic rings. The number of thiazole rings is 1. The second-order valence-electron chi connectivity index (χ2n) is 4.67. The molecule has 1 aromatic carbocycles. The highest BCUT2D eigenvalue weighted by Crippen LogP contribution is 2.38. The minimum absolute atomic E-state index is 0.279. The van der Waals surface area contributed by atoms with Crippen LogP contribution in [0.2, 0.25) is 0 Å². The summed E-state index contributed by atoms with van der Waals surface area (Å²) in [5.41, 5.74) is 2.10. The van der Waals surface area contributed by atoms with Gasteiger partial charge in [0.05, 0.1) is 5.69 Å². The second-order valence-corrected chi connectivity index (χ2v) is 5.76. The summed E-state index contributed by atoms with van der Waals surface area (Å²) in [7, 11) is 0. The fraction of sp³-hybridized carbons (Fsp3) is 0.286.